The largest absolute Gasteiger partial charge is 0.493 e. The molecule has 1 aromatic heterocycles. The lowest BCUT2D eigenvalue weighted by atomic mass is 9.76. The Morgan fingerprint density at radius 1 is 1.25 bits per heavy atom. The van der Waals surface area contributed by atoms with Crippen LogP contribution < -0.4 is 10.1 Å². The van der Waals surface area contributed by atoms with Gasteiger partial charge < -0.3 is 10.1 Å². The molecule has 0 fully saturated rings. The van der Waals surface area contributed by atoms with Gasteiger partial charge in [-0.05, 0) is 12.6 Å². The van der Waals surface area contributed by atoms with E-state index in [1.54, 1.807) is 13.3 Å². The molecule has 1 aromatic carbocycles. The fourth-order valence-electron chi connectivity index (χ4n) is 2.79. The van der Waals surface area contributed by atoms with Crippen molar-refractivity contribution < 1.29 is 4.74 Å². The van der Waals surface area contributed by atoms with Crippen LogP contribution in [0.5, 0.6) is 5.75 Å². The van der Waals surface area contributed by atoms with Crippen molar-refractivity contribution in [2.45, 2.75) is 25.3 Å². The van der Waals surface area contributed by atoms with E-state index in [0.717, 1.165) is 11.4 Å². The molecule has 0 aliphatic carbocycles. The summed E-state index contributed by atoms with van der Waals surface area (Å²) in [5.74, 6) is 0.816. The lowest BCUT2D eigenvalue weighted by molar-refractivity contribution is 0.331. The molecule has 1 unspecified atom stereocenters. The topological polar surface area (TPSA) is 39.1 Å². The molecule has 0 aliphatic heterocycles. The van der Waals surface area contributed by atoms with Crippen molar-refractivity contribution in [3.05, 3.63) is 47.8 Å². The van der Waals surface area contributed by atoms with E-state index in [0.29, 0.717) is 0 Å². The van der Waals surface area contributed by atoms with Crippen molar-refractivity contribution in [1.29, 1.82) is 0 Å². The van der Waals surface area contributed by atoms with Crippen molar-refractivity contribution in [2.24, 2.45) is 7.05 Å². The van der Waals surface area contributed by atoms with Crippen LogP contribution in [0.25, 0.3) is 0 Å². The van der Waals surface area contributed by atoms with Gasteiger partial charge in [0.2, 0.25) is 0 Å². The van der Waals surface area contributed by atoms with E-state index >= 15 is 0 Å². The molecule has 0 amide bonds. The van der Waals surface area contributed by atoms with Crippen LogP contribution in [-0.2, 0) is 12.5 Å². The highest BCUT2D eigenvalue weighted by Crippen LogP contribution is 2.39. The standard InChI is InChI=1S/C16H23N3O/c1-16(2,12-9-7-6-8-10-12)15(17-3)14-13(20-5)11-18-19(14)4/h6-11,15,17H,1-5H3. The molecule has 0 saturated carbocycles. The lowest BCUT2D eigenvalue weighted by Gasteiger charge is -2.35. The normalized spacial score (nSPS) is 13.2. The van der Waals surface area contributed by atoms with Gasteiger partial charge in [0.15, 0.2) is 5.75 Å². The predicted molar refractivity (Wildman–Crippen MR) is 81.0 cm³/mol. The number of aryl methyl sites for hydroxylation is 1. The Bertz CT molecular complexity index is 560. The summed E-state index contributed by atoms with van der Waals surface area (Å²) in [5.41, 5.74) is 2.25. The summed E-state index contributed by atoms with van der Waals surface area (Å²) in [4.78, 5) is 0. The zero-order chi connectivity index (χ0) is 14.8. The van der Waals surface area contributed by atoms with Crippen LogP contribution in [0.2, 0.25) is 0 Å². The van der Waals surface area contributed by atoms with Crippen molar-refractivity contribution in [2.75, 3.05) is 14.2 Å². The molecule has 4 heteroatoms. The van der Waals surface area contributed by atoms with Gasteiger partial charge in [-0.25, -0.2) is 0 Å². The first-order valence-corrected chi connectivity index (χ1v) is 6.81. The highest BCUT2D eigenvalue weighted by atomic mass is 16.5. The van der Waals surface area contributed by atoms with Gasteiger partial charge in [0.05, 0.1) is 25.0 Å². The third-order valence-corrected chi connectivity index (χ3v) is 3.97. The smallest absolute Gasteiger partial charge is 0.161 e. The predicted octanol–water partition coefficient (Wildman–Crippen LogP) is 2.67. The zero-order valence-electron chi connectivity index (χ0n) is 12.8. The molecule has 0 saturated heterocycles. The van der Waals surface area contributed by atoms with Gasteiger partial charge in [-0.1, -0.05) is 44.2 Å². The monoisotopic (exact) mass is 273 g/mol. The second-order valence-corrected chi connectivity index (χ2v) is 5.53. The Labute approximate surface area is 120 Å². The summed E-state index contributed by atoms with van der Waals surface area (Å²) in [6.45, 7) is 4.46. The molecule has 0 bridgehead atoms. The Hall–Kier alpha value is -1.81. The Morgan fingerprint density at radius 2 is 1.90 bits per heavy atom. The molecular formula is C16H23N3O. The van der Waals surface area contributed by atoms with Gasteiger partial charge in [-0.3, -0.25) is 4.68 Å². The van der Waals surface area contributed by atoms with Crippen LogP contribution in [0.1, 0.15) is 31.1 Å². The molecule has 20 heavy (non-hydrogen) atoms. The number of likely N-dealkylation sites (N-methyl/N-ethyl adjacent to an activating group) is 1. The number of nitrogens with one attached hydrogen (secondary N) is 1. The molecule has 108 valence electrons. The van der Waals surface area contributed by atoms with Gasteiger partial charge in [0.25, 0.3) is 0 Å². The first-order chi connectivity index (χ1) is 9.52. The van der Waals surface area contributed by atoms with Crippen molar-refractivity contribution in [1.82, 2.24) is 15.1 Å². The minimum atomic E-state index is -0.0862. The number of rotatable bonds is 5. The summed E-state index contributed by atoms with van der Waals surface area (Å²) in [5, 5.41) is 7.73. The molecule has 0 aliphatic rings. The van der Waals surface area contributed by atoms with Crippen molar-refractivity contribution in [3.8, 4) is 5.75 Å². The molecule has 1 atom stereocenters. The fourth-order valence-corrected chi connectivity index (χ4v) is 2.79. The van der Waals surface area contributed by atoms with E-state index < -0.39 is 0 Å². The van der Waals surface area contributed by atoms with Crippen LogP contribution in [0.4, 0.5) is 0 Å². The second kappa shape index (κ2) is 5.67. The maximum atomic E-state index is 5.46. The van der Waals surface area contributed by atoms with Crippen LogP contribution in [0.3, 0.4) is 0 Å². The first kappa shape index (κ1) is 14.6. The van der Waals surface area contributed by atoms with E-state index in [4.69, 9.17) is 4.74 Å². The molecule has 1 N–H and O–H groups in total. The van der Waals surface area contributed by atoms with E-state index in [1.807, 2.05) is 24.8 Å². The Morgan fingerprint density at radius 3 is 2.45 bits per heavy atom. The third-order valence-electron chi connectivity index (χ3n) is 3.97. The summed E-state index contributed by atoms with van der Waals surface area (Å²) < 4.78 is 7.34. The quantitative estimate of drug-likeness (QED) is 0.910. The maximum absolute atomic E-state index is 5.46. The van der Waals surface area contributed by atoms with Gasteiger partial charge >= 0.3 is 0 Å². The zero-order valence-corrected chi connectivity index (χ0v) is 12.8. The van der Waals surface area contributed by atoms with E-state index in [9.17, 15) is 0 Å². The fraction of sp³-hybridized carbons (Fsp3) is 0.438. The van der Waals surface area contributed by atoms with Gasteiger partial charge in [0.1, 0.15) is 0 Å². The SMILES string of the molecule is CNC(c1c(OC)cnn1C)C(C)(C)c1ccccc1. The molecule has 0 radical (unpaired) electrons. The van der Waals surface area contributed by atoms with Gasteiger partial charge in [-0.15, -0.1) is 0 Å². The summed E-state index contributed by atoms with van der Waals surface area (Å²) in [6.07, 6.45) is 1.76. The lowest BCUT2D eigenvalue weighted by Crippen LogP contribution is -2.37. The summed E-state index contributed by atoms with van der Waals surface area (Å²) >= 11 is 0. The molecule has 1 heterocycles. The van der Waals surface area contributed by atoms with Crippen LogP contribution in [-0.4, -0.2) is 23.9 Å². The molecule has 2 rings (SSSR count). The Kier molecular flexibility index (Phi) is 4.14. The maximum Gasteiger partial charge on any atom is 0.161 e. The number of methoxy groups -OCH3 is 1. The first-order valence-electron chi connectivity index (χ1n) is 6.81. The molecular weight excluding hydrogens is 250 g/mol. The van der Waals surface area contributed by atoms with E-state index in [1.165, 1.54) is 5.56 Å². The van der Waals surface area contributed by atoms with Crippen LogP contribution in [0.15, 0.2) is 36.5 Å². The average Bonchev–Trinajstić information content (AvgIpc) is 2.82. The number of aromatic nitrogens is 2. The highest BCUT2D eigenvalue weighted by molar-refractivity contribution is 5.35. The number of benzene rings is 1. The molecule has 0 spiro atoms. The van der Waals surface area contributed by atoms with Crippen LogP contribution in [0, 0.1) is 0 Å². The average molecular weight is 273 g/mol. The number of ether oxygens (including phenoxy) is 1. The Balaban J connectivity index is 2.49. The van der Waals surface area contributed by atoms with Crippen molar-refractivity contribution >= 4 is 0 Å². The molecule has 4 nitrogen and oxygen atoms in total. The second-order valence-electron chi connectivity index (χ2n) is 5.53. The minimum Gasteiger partial charge on any atom is -0.493 e. The third kappa shape index (κ3) is 2.43. The van der Waals surface area contributed by atoms with E-state index in [-0.39, 0.29) is 11.5 Å². The highest BCUT2D eigenvalue weighted by Gasteiger charge is 2.35. The van der Waals surface area contributed by atoms with Crippen molar-refractivity contribution in [3.63, 3.8) is 0 Å². The number of hydrogen-bond donors (Lipinski definition) is 1. The van der Waals surface area contributed by atoms with Gasteiger partial charge in [-0.2, -0.15) is 5.10 Å². The molecule has 2 aromatic rings. The van der Waals surface area contributed by atoms with Gasteiger partial charge in [0, 0.05) is 12.5 Å². The number of hydrogen-bond acceptors (Lipinski definition) is 3. The summed E-state index contributed by atoms with van der Waals surface area (Å²) in [7, 11) is 5.60. The number of nitrogens with zero attached hydrogens (tertiary/aromatic N) is 2. The minimum absolute atomic E-state index is 0.0862. The van der Waals surface area contributed by atoms with Crippen LogP contribution >= 0.6 is 0 Å². The summed E-state index contributed by atoms with van der Waals surface area (Å²) in [6, 6.07) is 10.6. The van der Waals surface area contributed by atoms with E-state index in [2.05, 4.69) is 48.5 Å².